The van der Waals surface area contributed by atoms with Crippen molar-refractivity contribution in [3.8, 4) is 16.3 Å². The second-order valence-corrected chi connectivity index (χ2v) is 7.90. The number of amides is 1. The van der Waals surface area contributed by atoms with Crippen LogP contribution in [0.25, 0.3) is 10.6 Å². The third kappa shape index (κ3) is 3.91. The fourth-order valence-electron chi connectivity index (χ4n) is 3.82. The Balaban J connectivity index is 1.39. The highest BCUT2D eigenvalue weighted by molar-refractivity contribution is 7.13. The van der Waals surface area contributed by atoms with Crippen molar-refractivity contribution in [2.45, 2.75) is 44.7 Å². The number of nitrogens with zero attached hydrogens (tertiary/aromatic N) is 2. The third-order valence-electron chi connectivity index (χ3n) is 5.17. The van der Waals surface area contributed by atoms with Gasteiger partial charge in [0.2, 0.25) is 5.91 Å². The maximum absolute atomic E-state index is 12.7. The maximum atomic E-state index is 12.7. The van der Waals surface area contributed by atoms with E-state index in [1.807, 2.05) is 41.5 Å². The number of likely N-dealkylation sites (tertiary alicyclic amines) is 1. The predicted molar refractivity (Wildman–Crippen MR) is 104 cm³/mol. The summed E-state index contributed by atoms with van der Waals surface area (Å²) in [6.07, 6.45) is 3.90. The average molecular weight is 372 g/mol. The molecule has 0 spiro atoms. The standard InChI is InChI=1S/C20H25N3O2S/c1-2-25-18-7-3-14(4-8-18)20-22-17(13-26-20)11-19(24)23-10-9-15-5-6-16(12-23)21-15/h3-4,7-8,13,15-16,21H,2,5-6,9-12H2,1H3. The van der Waals surface area contributed by atoms with E-state index in [4.69, 9.17) is 4.74 Å². The summed E-state index contributed by atoms with van der Waals surface area (Å²) >= 11 is 1.59. The average Bonchev–Trinajstić information content (AvgIpc) is 3.22. The normalized spacial score (nSPS) is 22.3. The van der Waals surface area contributed by atoms with E-state index in [-0.39, 0.29) is 5.91 Å². The summed E-state index contributed by atoms with van der Waals surface area (Å²) in [4.78, 5) is 19.4. The van der Waals surface area contributed by atoms with Crippen LogP contribution in [0, 0.1) is 0 Å². The Morgan fingerprint density at radius 3 is 2.88 bits per heavy atom. The molecule has 2 aliphatic rings. The topological polar surface area (TPSA) is 54.5 Å². The van der Waals surface area contributed by atoms with Crippen molar-refractivity contribution in [2.24, 2.45) is 0 Å². The van der Waals surface area contributed by atoms with Gasteiger partial charge in [-0.1, -0.05) is 0 Å². The Morgan fingerprint density at radius 2 is 2.08 bits per heavy atom. The molecule has 2 saturated heterocycles. The molecule has 2 aromatic rings. The van der Waals surface area contributed by atoms with Gasteiger partial charge in [-0.3, -0.25) is 4.79 Å². The van der Waals surface area contributed by atoms with Crippen LogP contribution in [0.5, 0.6) is 5.75 Å². The first-order chi connectivity index (χ1) is 12.7. The molecule has 1 aromatic carbocycles. The van der Waals surface area contributed by atoms with E-state index in [9.17, 15) is 4.79 Å². The van der Waals surface area contributed by atoms with E-state index in [0.717, 1.165) is 41.5 Å². The van der Waals surface area contributed by atoms with Crippen LogP contribution in [0.4, 0.5) is 0 Å². The molecule has 1 N–H and O–H groups in total. The Morgan fingerprint density at radius 1 is 1.27 bits per heavy atom. The van der Waals surface area contributed by atoms with E-state index in [1.165, 1.54) is 12.8 Å². The summed E-state index contributed by atoms with van der Waals surface area (Å²) in [6.45, 7) is 4.34. The molecule has 2 atom stereocenters. The monoisotopic (exact) mass is 371 g/mol. The lowest BCUT2D eigenvalue weighted by molar-refractivity contribution is -0.130. The number of carbonyl (C=O) groups is 1. The summed E-state index contributed by atoms with van der Waals surface area (Å²) < 4.78 is 5.48. The van der Waals surface area contributed by atoms with E-state index in [1.54, 1.807) is 11.3 Å². The molecule has 2 bridgehead atoms. The van der Waals surface area contributed by atoms with Crippen LogP contribution in [0.3, 0.4) is 0 Å². The van der Waals surface area contributed by atoms with Gasteiger partial charge in [-0.25, -0.2) is 4.98 Å². The van der Waals surface area contributed by atoms with Crippen molar-refractivity contribution in [1.82, 2.24) is 15.2 Å². The zero-order valence-corrected chi connectivity index (χ0v) is 15.9. The molecule has 5 nitrogen and oxygen atoms in total. The van der Waals surface area contributed by atoms with Crippen LogP contribution >= 0.6 is 11.3 Å². The number of rotatable bonds is 5. The van der Waals surface area contributed by atoms with Crippen LogP contribution in [-0.2, 0) is 11.2 Å². The highest BCUT2D eigenvalue weighted by atomic mass is 32.1. The Labute approximate surface area is 158 Å². The van der Waals surface area contributed by atoms with E-state index < -0.39 is 0 Å². The molecule has 0 aliphatic carbocycles. The van der Waals surface area contributed by atoms with Gasteiger partial charge >= 0.3 is 0 Å². The van der Waals surface area contributed by atoms with Gasteiger partial charge in [0, 0.05) is 36.1 Å². The SMILES string of the molecule is CCOc1ccc(-c2nc(CC(=O)N3CCC4CCC(C3)N4)cs2)cc1. The van der Waals surface area contributed by atoms with Crippen molar-refractivity contribution < 1.29 is 9.53 Å². The van der Waals surface area contributed by atoms with E-state index >= 15 is 0 Å². The zero-order valence-electron chi connectivity index (χ0n) is 15.1. The summed E-state index contributed by atoms with van der Waals surface area (Å²) in [5, 5.41) is 6.58. The molecule has 138 valence electrons. The highest BCUT2D eigenvalue weighted by Crippen LogP contribution is 2.26. The molecular formula is C20H25N3O2S. The molecule has 4 rings (SSSR count). The zero-order chi connectivity index (χ0) is 17.9. The molecule has 1 amide bonds. The first-order valence-electron chi connectivity index (χ1n) is 9.42. The van der Waals surface area contributed by atoms with Gasteiger partial charge in [-0.2, -0.15) is 0 Å². The fourth-order valence-corrected chi connectivity index (χ4v) is 4.64. The second-order valence-electron chi connectivity index (χ2n) is 7.04. The lowest BCUT2D eigenvalue weighted by Crippen LogP contribution is -2.39. The minimum absolute atomic E-state index is 0.197. The van der Waals surface area contributed by atoms with Gasteiger partial charge < -0.3 is 15.0 Å². The number of benzene rings is 1. The lowest BCUT2D eigenvalue weighted by Gasteiger charge is -2.24. The molecule has 1 aromatic heterocycles. The highest BCUT2D eigenvalue weighted by Gasteiger charge is 2.31. The Kier molecular flexibility index (Phi) is 5.22. The number of aromatic nitrogens is 1. The van der Waals surface area contributed by atoms with Crippen LogP contribution in [0.15, 0.2) is 29.6 Å². The molecular weight excluding hydrogens is 346 g/mol. The fraction of sp³-hybridized carbons (Fsp3) is 0.500. The molecule has 26 heavy (non-hydrogen) atoms. The van der Waals surface area contributed by atoms with Crippen molar-refractivity contribution in [3.63, 3.8) is 0 Å². The van der Waals surface area contributed by atoms with E-state index in [0.29, 0.717) is 25.1 Å². The van der Waals surface area contributed by atoms with Crippen molar-refractivity contribution in [2.75, 3.05) is 19.7 Å². The minimum Gasteiger partial charge on any atom is -0.494 e. The van der Waals surface area contributed by atoms with Crippen LogP contribution < -0.4 is 10.1 Å². The van der Waals surface area contributed by atoms with Crippen LogP contribution in [0.2, 0.25) is 0 Å². The number of nitrogens with one attached hydrogen (secondary N) is 1. The smallest absolute Gasteiger partial charge is 0.228 e. The first-order valence-corrected chi connectivity index (χ1v) is 10.3. The molecule has 6 heteroatoms. The Bertz CT molecular complexity index is 759. The van der Waals surface area contributed by atoms with Gasteiger partial charge in [0.25, 0.3) is 0 Å². The number of carbonyl (C=O) groups excluding carboxylic acids is 1. The van der Waals surface area contributed by atoms with Gasteiger partial charge in [-0.05, 0) is 50.5 Å². The number of ether oxygens (including phenoxy) is 1. The minimum atomic E-state index is 0.197. The molecule has 0 radical (unpaired) electrons. The maximum Gasteiger partial charge on any atom is 0.228 e. The van der Waals surface area contributed by atoms with Crippen molar-refractivity contribution in [3.05, 3.63) is 35.3 Å². The summed E-state index contributed by atoms with van der Waals surface area (Å²) in [6, 6.07) is 9.04. The van der Waals surface area contributed by atoms with Crippen molar-refractivity contribution in [1.29, 1.82) is 0 Å². The quantitative estimate of drug-likeness (QED) is 0.877. The largest absolute Gasteiger partial charge is 0.494 e. The predicted octanol–water partition coefficient (Wildman–Crippen LogP) is 3.10. The van der Waals surface area contributed by atoms with Gasteiger partial charge in [0.15, 0.2) is 0 Å². The number of thiazole rings is 1. The third-order valence-corrected chi connectivity index (χ3v) is 6.11. The van der Waals surface area contributed by atoms with Crippen LogP contribution in [-0.4, -0.2) is 47.6 Å². The lowest BCUT2D eigenvalue weighted by atomic mass is 10.1. The summed E-state index contributed by atoms with van der Waals surface area (Å²) in [5.74, 6) is 1.06. The van der Waals surface area contributed by atoms with E-state index in [2.05, 4.69) is 10.3 Å². The molecule has 3 heterocycles. The van der Waals surface area contributed by atoms with Gasteiger partial charge in [-0.15, -0.1) is 11.3 Å². The number of fused-ring (bicyclic) bond motifs is 2. The molecule has 2 unspecified atom stereocenters. The first kappa shape index (κ1) is 17.5. The number of hydrogen-bond acceptors (Lipinski definition) is 5. The molecule has 2 fully saturated rings. The summed E-state index contributed by atoms with van der Waals surface area (Å²) in [7, 11) is 0. The summed E-state index contributed by atoms with van der Waals surface area (Å²) in [5.41, 5.74) is 1.93. The second kappa shape index (κ2) is 7.76. The van der Waals surface area contributed by atoms with Crippen LogP contribution in [0.1, 0.15) is 31.9 Å². The molecule has 2 aliphatic heterocycles. The van der Waals surface area contributed by atoms with Gasteiger partial charge in [0.1, 0.15) is 10.8 Å². The number of hydrogen-bond donors (Lipinski definition) is 1. The molecule has 0 saturated carbocycles. The van der Waals surface area contributed by atoms with Gasteiger partial charge in [0.05, 0.1) is 18.7 Å². The Hall–Kier alpha value is -1.92. The van der Waals surface area contributed by atoms with Crippen molar-refractivity contribution >= 4 is 17.2 Å².